The summed E-state index contributed by atoms with van der Waals surface area (Å²) < 4.78 is 5.73. The fourth-order valence-corrected chi connectivity index (χ4v) is 2.72. The molecule has 1 unspecified atom stereocenters. The predicted molar refractivity (Wildman–Crippen MR) is 73.7 cm³/mol. The lowest BCUT2D eigenvalue weighted by atomic mass is 10.1. The lowest BCUT2D eigenvalue weighted by molar-refractivity contribution is 0.0168. The molecule has 0 bridgehead atoms. The van der Waals surface area contributed by atoms with E-state index in [9.17, 15) is 0 Å². The van der Waals surface area contributed by atoms with Crippen LogP contribution in [0.25, 0.3) is 0 Å². The summed E-state index contributed by atoms with van der Waals surface area (Å²) in [4.78, 5) is 0. The van der Waals surface area contributed by atoms with Crippen LogP contribution in [0.2, 0.25) is 0 Å². The summed E-state index contributed by atoms with van der Waals surface area (Å²) in [5.74, 6) is 0.853. The molecule has 3 rings (SSSR count). The second kappa shape index (κ2) is 5.85. The molecule has 1 N–H and O–H groups in total. The highest BCUT2D eigenvalue weighted by molar-refractivity contribution is 5.29. The molecule has 2 heteroatoms. The van der Waals surface area contributed by atoms with E-state index >= 15 is 0 Å². The average molecular weight is 245 g/mol. The van der Waals surface area contributed by atoms with Gasteiger partial charge in [-0.15, -0.1) is 0 Å². The topological polar surface area (TPSA) is 21.3 Å². The number of hydrogen-bond acceptors (Lipinski definition) is 2. The highest BCUT2D eigenvalue weighted by Crippen LogP contribution is 2.40. The largest absolute Gasteiger partial charge is 0.377 e. The Balaban J connectivity index is 1.45. The van der Waals surface area contributed by atoms with Crippen molar-refractivity contribution >= 4 is 0 Å². The third kappa shape index (κ3) is 3.33. The Bertz CT molecular complexity index is 380. The van der Waals surface area contributed by atoms with Gasteiger partial charge in [0.1, 0.15) is 0 Å². The minimum absolute atomic E-state index is 0.436. The predicted octanol–water partition coefficient (Wildman–Crippen LogP) is 3.22. The number of hydrogen-bond donors (Lipinski definition) is 1. The van der Waals surface area contributed by atoms with Crippen LogP contribution in [0.3, 0.4) is 0 Å². The Morgan fingerprint density at radius 1 is 1.17 bits per heavy atom. The molecule has 1 saturated heterocycles. The SMILES string of the molecule is c1cc(CNCC2CCCCO2)cc(C2CC2)c1. The third-order valence-electron chi connectivity index (χ3n) is 3.97. The molecular weight excluding hydrogens is 222 g/mol. The average Bonchev–Trinajstić information content (AvgIpc) is 3.25. The van der Waals surface area contributed by atoms with Crippen LogP contribution < -0.4 is 5.32 Å². The van der Waals surface area contributed by atoms with Crippen molar-refractivity contribution in [1.82, 2.24) is 5.32 Å². The molecule has 98 valence electrons. The Kier molecular flexibility index (Phi) is 3.96. The van der Waals surface area contributed by atoms with E-state index in [1.807, 2.05) is 0 Å². The van der Waals surface area contributed by atoms with Crippen LogP contribution in [0.5, 0.6) is 0 Å². The van der Waals surface area contributed by atoms with Crippen molar-refractivity contribution in [3.05, 3.63) is 35.4 Å². The molecular formula is C16H23NO. The van der Waals surface area contributed by atoms with Gasteiger partial charge < -0.3 is 10.1 Å². The van der Waals surface area contributed by atoms with Gasteiger partial charge in [-0.2, -0.15) is 0 Å². The highest BCUT2D eigenvalue weighted by Gasteiger charge is 2.23. The molecule has 0 radical (unpaired) electrons. The van der Waals surface area contributed by atoms with Crippen LogP contribution in [-0.4, -0.2) is 19.3 Å². The molecule has 1 aromatic rings. The van der Waals surface area contributed by atoms with Gasteiger partial charge in [-0.05, 0) is 49.1 Å². The van der Waals surface area contributed by atoms with Crippen molar-refractivity contribution < 1.29 is 4.74 Å². The van der Waals surface area contributed by atoms with Crippen molar-refractivity contribution in [3.8, 4) is 0 Å². The van der Waals surface area contributed by atoms with E-state index < -0.39 is 0 Å². The minimum atomic E-state index is 0.436. The van der Waals surface area contributed by atoms with E-state index in [4.69, 9.17) is 4.74 Å². The van der Waals surface area contributed by atoms with E-state index in [0.717, 1.165) is 25.6 Å². The fraction of sp³-hybridized carbons (Fsp3) is 0.625. The van der Waals surface area contributed by atoms with Crippen molar-refractivity contribution in [3.63, 3.8) is 0 Å². The molecule has 0 aromatic heterocycles. The number of nitrogens with one attached hydrogen (secondary N) is 1. The third-order valence-corrected chi connectivity index (χ3v) is 3.97. The Labute approximate surface area is 110 Å². The Morgan fingerprint density at radius 2 is 2.11 bits per heavy atom. The first-order valence-electron chi connectivity index (χ1n) is 7.33. The molecule has 2 fully saturated rings. The molecule has 1 aromatic carbocycles. The lowest BCUT2D eigenvalue weighted by Crippen LogP contribution is -2.31. The van der Waals surface area contributed by atoms with E-state index in [2.05, 4.69) is 29.6 Å². The van der Waals surface area contributed by atoms with Crippen molar-refractivity contribution in [1.29, 1.82) is 0 Å². The van der Waals surface area contributed by atoms with Crippen molar-refractivity contribution in [2.24, 2.45) is 0 Å². The number of rotatable bonds is 5. The van der Waals surface area contributed by atoms with E-state index in [1.54, 1.807) is 0 Å². The van der Waals surface area contributed by atoms with Crippen LogP contribution in [0.15, 0.2) is 24.3 Å². The van der Waals surface area contributed by atoms with Crippen LogP contribution in [0, 0.1) is 0 Å². The summed E-state index contributed by atoms with van der Waals surface area (Å²) in [6, 6.07) is 9.06. The van der Waals surface area contributed by atoms with E-state index in [0.29, 0.717) is 6.10 Å². The van der Waals surface area contributed by atoms with Crippen LogP contribution in [0.1, 0.15) is 49.1 Å². The summed E-state index contributed by atoms with van der Waals surface area (Å²) in [6.07, 6.45) is 6.98. The Hall–Kier alpha value is -0.860. The van der Waals surface area contributed by atoms with Gasteiger partial charge in [-0.3, -0.25) is 0 Å². The molecule has 1 heterocycles. The van der Waals surface area contributed by atoms with Crippen molar-refractivity contribution in [2.45, 2.75) is 50.7 Å². The summed E-state index contributed by atoms with van der Waals surface area (Å²) in [7, 11) is 0. The number of benzene rings is 1. The summed E-state index contributed by atoms with van der Waals surface area (Å²) in [5, 5.41) is 3.53. The van der Waals surface area contributed by atoms with Gasteiger partial charge in [0, 0.05) is 19.7 Å². The molecule has 1 atom stereocenters. The normalized spacial score (nSPS) is 24.1. The van der Waals surface area contributed by atoms with Crippen LogP contribution in [0.4, 0.5) is 0 Å². The lowest BCUT2D eigenvalue weighted by Gasteiger charge is -2.22. The first-order valence-corrected chi connectivity index (χ1v) is 7.33. The van der Waals surface area contributed by atoms with Gasteiger partial charge in [0.25, 0.3) is 0 Å². The fourth-order valence-electron chi connectivity index (χ4n) is 2.72. The zero-order chi connectivity index (χ0) is 12.2. The number of ether oxygens (including phenoxy) is 1. The zero-order valence-corrected chi connectivity index (χ0v) is 11.0. The van der Waals surface area contributed by atoms with Gasteiger partial charge in [-0.25, -0.2) is 0 Å². The molecule has 18 heavy (non-hydrogen) atoms. The van der Waals surface area contributed by atoms with Gasteiger partial charge >= 0.3 is 0 Å². The summed E-state index contributed by atoms with van der Waals surface area (Å²) >= 11 is 0. The minimum Gasteiger partial charge on any atom is -0.377 e. The van der Waals surface area contributed by atoms with Crippen LogP contribution >= 0.6 is 0 Å². The monoisotopic (exact) mass is 245 g/mol. The maximum Gasteiger partial charge on any atom is 0.0699 e. The van der Waals surface area contributed by atoms with Gasteiger partial charge in [0.2, 0.25) is 0 Å². The first-order chi connectivity index (χ1) is 8.92. The standard InChI is InChI=1S/C16H23NO/c1-2-9-18-16(6-1)12-17-11-13-4-3-5-15(10-13)14-7-8-14/h3-5,10,14,16-17H,1-2,6-9,11-12H2. The second-order valence-electron chi connectivity index (χ2n) is 5.64. The van der Waals surface area contributed by atoms with Gasteiger partial charge in [-0.1, -0.05) is 24.3 Å². The van der Waals surface area contributed by atoms with Gasteiger partial charge in [0.15, 0.2) is 0 Å². The maximum absolute atomic E-state index is 5.73. The van der Waals surface area contributed by atoms with Gasteiger partial charge in [0.05, 0.1) is 6.10 Å². The molecule has 2 nitrogen and oxygen atoms in total. The van der Waals surface area contributed by atoms with Crippen LogP contribution in [-0.2, 0) is 11.3 Å². The smallest absolute Gasteiger partial charge is 0.0699 e. The van der Waals surface area contributed by atoms with E-state index in [-0.39, 0.29) is 0 Å². The maximum atomic E-state index is 5.73. The summed E-state index contributed by atoms with van der Waals surface area (Å²) in [6.45, 7) is 2.91. The molecule has 1 aliphatic heterocycles. The molecule has 2 aliphatic rings. The molecule has 0 spiro atoms. The zero-order valence-electron chi connectivity index (χ0n) is 11.0. The second-order valence-corrected chi connectivity index (χ2v) is 5.64. The first kappa shape index (κ1) is 12.2. The summed E-state index contributed by atoms with van der Waals surface area (Å²) in [5.41, 5.74) is 2.94. The van der Waals surface area contributed by atoms with E-state index in [1.165, 1.54) is 43.2 Å². The highest BCUT2D eigenvalue weighted by atomic mass is 16.5. The Morgan fingerprint density at radius 3 is 2.89 bits per heavy atom. The molecule has 1 aliphatic carbocycles. The van der Waals surface area contributed by atoms with Crippen molar-refractivity contribution in [2.75, 3.05) is 13.2 Å². The molecule has 1 saturated carbocycles. The quantitative estimate of drug-likeness (QED) is 0.860. The molecule has 0 amide bonds.